The lowest BCUT2D eigenvalue weighted by atomic mass is 10.0. The summed E-state index contributed by atoms with van der Waals surface area (Å²) in [6.07, 6.45) is 3.44. The van der Waals surface area contributed by atoms with Crippen LogP contribution in [0.15, 0.2) is 10.9 Å². The van der Waals surface area contributed by atoms with Crippen LogP contribution in [0, 0.1) is 13.8 Å². The van der Waals surface area contributed by atoms with Gasteiger partial charge in [0.25, 0.3) is 5.56 Å². The molecule has 2 nitrogen and oxygen atoms in total. The second-order valence-corrected chi connectivity index (χ2v) is 3.87. The molecule has 0 atom stereocenters. The van der Waals surface area contributed by atoms with Crippen LogP contribution in [0.2, 0.25) is 0 Å². The lowest BCUT2D eigenvalue weighted by Crippen LogP contribution is -2.29. The Morgan fingerprint density at radius 2 is 2.00 bits per heavy atom. The van der Waals surface area contributed by atoms with Crippen molar-refractivity contribution in [2.75, 3.05) is 0 Å². The number of hydrogen-bond donors (Lipinski definition) is 0. The molecule has 0 saturated heterocycles. The Balaban J connectivity index is 2.70. The molecule has 0 bridgehead atoms. The Morgan fingerprint density at radius 3 is 2.77 bits per heavy atom. The van der Waals surface area contributed by atoms with Gasteiger partial charge in [-0.05, 0) is 44.7 Å². The Bertz CT molecular complexity index is 390. The third-order valence-corrected chi connectivity index (χ3v) is 2.84. The van der Waals surface area contributed by atoms with Gasteiger partial charge in [0, 0.05) is 17.8 Å². The summed E-state index contributed by atoms with van der Waals surface area (Å²) >= 11 is 0. The number of nitrogens with zero attached hydrogens (tertiary/aromatic N) is 1. The van der Waals surface area contributed by atoms with Crippen LogP contribution >= 0.6 is 0 Å². The molecule has 1 aliphatic heterocycles. The van der Waals surface area contributed by atoms with Crippen molar-refractivity contribution < 1.29 is 0 Å². The summed E-state index contributed by atoms with van der Waals surface area (Å²) < 4.78 is 1.95. The fourth-order valence-electron chi connectivity index (χ4n) is 2.15. The quantitative estimate of drug-likeness (QED) is 0.592. The van der Waals surface area contributed by atoms with Gasteiger partial charge in [-0.1, -0.05) is 0 Å². The van der Waals surface area contributed by atoms with Crippen LogP contribution in [0.25, 0.3) is 0 Å². The van der Waals surface area contributed by atoms with Gasteiger partial charge in [-0.15, -0.1) is 0 Å². The predicted octanol–water partition coefficient (Wildman–Crippen LogP) is 1.80. The van der Waals surface area contributed by atoms with Crippen LogP contribution in [0.5, 0.6) is 0 Å². The van der Waals surface area contributed by atoms with Crippen molar-refractivity contribution in [1.82, 2.24) is 4.57 Å². The molecule has 2 heterocycles. The van der Waals surface area contributed by atoms with E-state index in [1.165, 1.54) is 17.7 Å². The number of pyridine rings is 1. The maximum absolute atomic E-state index is 11.7. The molecule has 1 aromatic rings. The average molecular weight is 177 g/mol. The van der Waals surface area contributed by atoms with Crippen LogP contribution in [-0.2, 0) is 13.0 Å². The average Bonchev–Trinajstić information content (AvgIpc) is 2.15. The van der Waals surface area contributed by atoms with Crippen molar-refractivity contribution in [1.29, 1.82) is 0 Å². The summed E-state index contributed by atoms with van der Waals surface area (Å²) in [4.78, 5) is 11.7. The minimum atomic E-state index is 0.209. The highest BCUT2D eigenvalue weighted by atomic mass is 16.1. The first-order valence-electron chi connectivity index (χ1n) is 4.90. The van der Waals surface area contributed by atoms with Gasteiger partial charge in [-0.25, -0.2) is 0 Å². The van der Waals surface area contributed by atoms with Gasteiger partial charge >= 0.3 is 0 Å². The minimum absolute atomic E-state index is 0.209. The van der Waals surface area contributed by atoms with E-state index >= 15 is 0 Å². The lowest BCUT2D eigenvalue weighted by Gasteiger charge is -2.20. The molecule has 0 fully saturated rings. The maximum Gasteiger partial charge on any atom is 0.253 e. The number of aromatic nitrogens is 1. The topological polar surface area (TPSA) is 22.0 Å². The number of hydrogen-bond acceptors (Lipinski definition) is 1. The molecule has 0 saturated carbocycles. The fourth-order valence-corrected chi connectivity index (χ4v) is 2.15. The first kappa shape index (κ1) is 8.54. The predicted molar refractivity (Wildman–Crippen MR) is 53.1 cm³/mol. The van der Waals surface area contributed by atoms with E-state index in [2.05, 4.69) is 6.92 Å². The molecule has 0 N–H and O–H groups in total. The summed E-state index contributed by atoms with van der Waals surface area (Å²) in [5, 5.41) is 0. The molecule has 2 heteroatoms. The SMILES string of the molecule is Cc1cc(C)c(=O)n2c1CCCC2. The van der Waals surface area contributed by atoms with Crippen molar-refractivity contribution in [3.8, 4) is 0 Å². The highest BCUT2D eigenvalue weighted by molar-refractivity contribution is 5.25. The van der Waals surface area contributed by atoms with E-state index < -0.39 is 0 Å². The first-order valence-corrected chi connectivity index (χ1v) is 4.90. The summed E-state index contributed by atoms with van der Waals surface area (Å²) in [5.74, 6) is 0. The highest BCUT2D eigenvalue weighted by Gasteiger charge is 2.13. The minimum Gasteiger partial charge on any atom is -0.312 e. The highest BCUT2D eigenvalue weighted by Crippen LogP contribution is 2.16. The van der Waals surface area contributed by atoms with Gasteiger partial charge in [-0.3, -0.25) is 4.79 Å². The molecule has 70 valence electrons. The van der Waals surface area contributed by atoms with Crippen LogP contribution in [-0.4, -0.2) is 4.57 Å². The normalized spacial score (nSPS) is 15.5. The van der Waals surface area contributed by atoms with Crippen LogP contribution in [0.1, 0.15) is 29.7 Å². The maximum atomic E-state index is 11.7. The van der Waals surface area contributed by atoms with Gasteiger partial charge in [0.15, 0.2) is 0 Å². The zero-order chi connectivity index (χ0) is 9.42. The van der Waals surface area contributed by atoms with E-state index in [-0.39, 0.29) is 5.56 Å². The molecule has 0 amide bonds. The molecule has 0 aliphatic carbocycles. The van der Waals surface area contributed by atoms with E-state index in [1.807, 2.05) is 17.6 Å². The number of rotatable bonds is 0. The number of aryl methyl sites for hydroxylation is 2. The third kappa shape index (κ3) is 1.30. The second kappa shape index (κ2) is 3.02. The van der Waals surface area contributed by atoms with Crippen molar-refractivity contribution >= 4 is 0 Å². The largest absolute Gasteiger partial charge is 0.312 e. The first-order chi connectivity index (χ1) is 6.20. The van der Waals surface area contributed by atoms with E-state index in [4.69, 9.17) is 0 Å². The molecule has 0 spiro atoms. The van der Waals surface area contributed by atoms with Gasteiger partial charge in [0.1, 0.15) is 0 Å². The summed E-state index contributed by atoms with van der Waals surface area (Å²) in [5.41, 5.74) is 3.61. The van der Waals surface area contributed by atoms with Crippen LogP contribution in [0.4, 0.5) is 0 Å². The molecule has 0 aromatic carbocycles. The van der Waals surface area contributed by atoms with Crippen molar-refractivity contribution in [3.63, 3.8) is 0 Å². The smallest absolute Gasteiger partial charge is 0.253 e. The van der Waals surface area contributed by atoms with Gasteiger partial charge < -0.3 is 4.57 Å². The molecule has 1 aromatic heterocycles. The van der Waals surface area contributed by atoms with Crippen molar-refractivity contribution in [3.05, 3.63) is 33.2 Å². The zero-order valence-electron chi connectivity index (χ0n) is 8.26. The standard InChI is InChI=1S/C11H15NO/c1-8-7-9(2)11(13)12-6-4-3-5-10(8)12/h7H,3-6H2,1-2H3. The van der Waals surface area contributed by atoms with E-state index in [0.29, 0.717) is 0 Å². The van der Waals surface area contributed by atoms with Gasteiger partial charge in [0.2, 0.25) is 0 Å². The zero-order valence-corrected chi connectivity index (χ0v) is 8.26. The molecule has 2 rings (SSSR count). The fraction of sp³-hybridized carbons (Fsp3) is 0.545. The monoisotopic (exact) mass is 177 g/mol. The van der Waals surface area contributed by atoms with E-state index in [0.717, 1.165) is 24.9 Å². The number of fused-ring (bicyclic) bond motifs is 1. The molecule has 13 heavy (non-hydrogen) atoms. The third-order valence-electron chi connectivity index (χ3n) is 2.84. The van der Waals surface area contributed by atoms with Gasteiger partial charge in [-0.2, -0.15) is 0 Å². The molecule has 1 aliphatic rings. The molecular weight excluding hydrogens is 162 g/mol. The van der Waals surface area contributed by atoms with E-state index in [1.54, 1.807) is 0 Å². The second-order valence-electron chi connectivity index (χ2n) is 3.87. The molecule has 0 radical (unpaired) electrons. The Morgan fingerprint density at radius 1 is 1.23 bits per heavy atom. The van der Waals surface area contributed by atoms with E-state index in [9.17, 15) is 4.79 Å². The van der Waals surface area contributed by atoms with Gasteiger partial charge in [0.05, 0.1) is 0 Å². The van der Waals surface area contributed by atoms with Crippen LogP contribution in [0.3, 0.4) is 0 Å². The van der Waals surface area contributed by atoms with Crippen molar-refractivity contribution in [2.45, 2.75) is 39.7 Å². The molecule has 0 unspecified atom stereocenters. The summed E-state index contributed by atoms with van der Waals surface area (Å²) in [7, 11) is 0. The summed E-state index contributed by atoms with van der Waals surface area (Å²) in [6, 6.07) is 2.01. The Hall–Kier alpha value is -1.05. The summed E-state index contributed by atoms with van der Waals surface area (Å²) in [6.45, 7) is 4.91. The molecular formula is C11H15NO. The van der Waals surface area contributed by atoms with Crippen molar-refractivity contribution in [2.24, 2.45) is 0 Å². The van der Waals surface area contributed by atoms with Crippen LogP contribution < -0.4 is 5.56 Å². The lowest BCUT2D eigenvalue weighted by molar-refractivity contribution is 0.508. The Kier molecular flexibility index (Phi) is 1.98. The Labute approximate surface area is 78.2 Å².